The summed E-state index contributed by atoms with van der Waals surface area (Å²) in [4.78, 5) is 20.2. The van der Waals surface area contributed by atoms with E-state index in [1.54, 1.807) is 0 Å². The van der Waals surface area contributed by atoms with Gasteiger partial charge >= 0.3 is 0 Å². The minimum Gasteiger partial charge on any atom is -0.349 e. The number of carbonyl (C=O) groups is 1. The number of amides is 1. The average Bonchev–Trinajstić information content (AvgIpc) is 3.54. The molecule has 6 rings (SSSR count). The monoisotopic (exact) mass is 456 g/mol. The van der Waals surface area contributed by atoms with Crippen molar-refractivity contribution in [2.75, 3.05) is 6.54 Å². The molecule has 34 heavy (non-hydrogen) atoms. The molecule has 4 atom stereocenters. The van der Waals surface area contributed by atoms with E-state index in [1.165, 1.54) is 49.6 Å². The summed E-state index contributed by atoms with van der Waals surface area (Å²) >= 11 is 0. The third-order valence-electron chi connectivity index (χ3n) is 8.38. The van der Waals surface area contributed by atoms with Crippen molar-refractivity contribution in [2.24, 2.45) is 5.92 Å². The maximum absolute atomic E-state index is 12.6. The Morgan fingerprint density at radius 3 is 2.41 bits per heavy atom. The number of hydrogen-bond donors (Lipinski definition) is 1. The molecule has 2 saturated heterocycles. The molecule has 3 aliphatic rings. The number of benzene rings is 2. The Balaban J connectivity index is 1.14. The molecule has 5 nitrogen and oxygen atoms in total. The first-order valence-electron chi connectivity index (χ1n) is 13.2. The van der Waals surface area contributed by atoms with Gasteiger partial charge in [0.2, 0.25) is 5.91 Å². The second-order valence-electron chi connectivity index (χ2n) is 10.7. The standard InChI is InChI=1S/C29H36N4O/c1-20-30-27-9-5-6-10-28(27)33(20)25-18-23-13-14-24(19-25)32(23)16-15-26(22-7-3-2-4-8-22)31-29(34)17-21-11-12-21/h2-10,21,23-26H,11-19H2,1H3,(H,31,34)/t23-,24+,25-,26-/m0/s1. The van der Waals surface area contributed by atoms with Gasteiger partial charge in [0.1, 0.15) is 5.82 Å². The Morgan fingerprint density at radius 1 is 0.971 bits per heavy atom. The van der Waals surface area contributed by atoms with Crippen LogP contribution in [0.1, 0.15) is 74.8 Å². The Kier molecular flexibility index (Phi) is 5.90. The molecule has 0 radical (unpaired) electrons. The lowest BCUT2D eigenvalue weighted by molar-refractivity contribution is -0.122. The predicted octanol–water partition coefficient (Wildman–Crippen LogP) is 5.56. The maximum atomic E-state index is 12.6. The molecule has 1 amide bonds. The van der Waals surface area contributed by atoms with Gasteiger partial charge in [-0.2, -0.15) is 0 Å². The molecule has 0 spiro atoms. The van der Waals surface area contributed by atoms with Crippen LogP contribution in [0.4, 0.5) is 0 Å². The van der Waals surface area contributed by atoms with Crippen molar-refractivity contribution < 1.29 is 4.79 Å². The molecular formula is C29H36N4O. The second kappa shape index (κ2) is 9.18. The molecule has 1 aliphatic carbocycles. The minimum absolute atomic E-state index is 0.101. The van der Waals surface area contributed by atoms with E-state index >= 15 is 0 Å². The molecular weight excluding hydrogens is 420 g/mol. The number of nitrogens with one attached hydrogen (secondary N) is 1. The highest BCUT2D eigenvalue weighted by Crippen LogP contribution is 2.42. The molecule has 2 aromatic carbocycles. The van der Waals surface area contributed by atoms with Crippen LogP contribution in [-0.2, 0) is 4.79 Å². The van der Waals surface area contributed by atoms with E-state index in [0.717, 1.165) is 24.3 Å². The van der Waals surface area contributed by atoms with E-state index in [-0.39, 0.29) is 11.9 Å². The molecule has 5 heteroatoms. The minimum atomic E-state index is 0.101. The smallest absolute Gasteiger partial charge is 0.220 e. The Hall–Kier alpha value is -2.66. The Morgan fingerprint density at radius 2 is 1.68 bits per heavy atom. The van der Waals surface area contributed by atoms with Crippen LogP contribution in [-0.4, -0.2) is 39.0 Å². The number of carbonyl (C=O) groups excluding carboxylic acids is 1. The van der Waals surface area contributed by atoms with Crippen LogP contribution in [0, 0.1) is 12.8 Å². The van der Waals surface area contributed by atoms with E-state index in [2.05, 4.69) is 76.3 Å². The van der Waals surface area contributed by atoms with Gasteiger partial charge in [-0.05, 0) is 75.5 Å². The van der Waals surface area contributed by atoms with Gasteiger partial charge in [-0.25, -0.2) is 4.98 Å². The third kappa shape index (κ3) is 4.38. The fourth-order valence-corrected chi connectivity index (χ4v) is 6.57. The van der Waals surface area contributed by atoms with Crippen LogP contribution in [0.25, 0.3) is 11.0 Å². The zero-order valence-electron chi connectivity index (χ0n) is 20.2. The van der Waals surface area contributed by atoms with Crippen LogP contribution in [0.15, 0.2) is 54.6 Å². The lowest BCUT2D eigenvalue weighted by atomic mass is 9.95. The maximum Gasteiger partial charge on any atom is 0.220 e. The normalized spacial score (nSPS) is 25.5. The van der Waals surface area contributed by atoms with Gasteiger partial charge in [-0.15, -0.1) is 0 Å². The van der Waals surface area contributed by atoms with Crippen LogP contribution < -0.4 is 5.32 Å². The SMILES string of the molecule is Cc1nc2ccccc2n1[C@@H]1C[C@H]2CC[C@@H](C1)N2CC[C@H](NC(=O)CC1CC1)c1ccccc1. The summed E-state index contributed by atoms with van der Waals surface area (Å²) in [5.74, 6) is 1.98. The van der Waals surface area contributed by atoms with Crippen LogP contribution in [0.2, 0.25) is 0 Å². The first-order valence-corrected chi connectivity index (χ1v) is 13.2. The van der Waals surface area contributed by atoms with E-state index in [4.69, 9.17) is 4.98 Å². The summed E-state index contributed by atoms with van der Waals surface area (Å²) in [6.45, 7) is 3.21. The zero-order valence-corrected chi connectivity index (χ0v) is 20.2. The molecule has 3 aromatic rings. The number of rotatable bonds is 8. The molecule has 3 fully saturated rings. The first kappa shape index (κ1) is 21.8. The highest BCUT2D eigenvalue weighted by molar-refractivity contribution is 5.77. The summed E-state index contributed by atoms with van der Waals surface area (Å²) in [6, 6.07) is 21.0. The molecule has 1 aromatic heterocycles. The van der Waals surface area contributed by atoms with Gasteiger partial charge < -0.3 is 9.88 Å². The van der Waals surface area contributed by atoms with Crippen molar-refractivity contribution in [3.63, 3.8) is 0 Å². The van der Waals surface area contributed by atoms with Crippen molar-refractivity contribution >= 4 is 16.9 Å². The van der Waals surface area contributed by atoms with Gasteiger partial charge in [0.15, 0.2) is 0 Å². The van der Waals surface area contributed by atoms with Crippen molar-refractivity contribution in [2.45, 2.75) is 82.5 Å². The zero-order chi connectivity index (χ0) is 23.1. The molecule has 1 N–H and O–H groups in total. The molecule has 0 unspecified atom stereocenters. The number of hydrogen-bond acceptors (Lipinski definition) is 3. The summed E-state index contributed by atoms with van der Waals surface area (Å²) in [5.41, 5.74) is 3.62. The third-order valence-corrected chi connectivity index (χ3v) is 8.38. The number of aryl methyl sites for hydroxylation is 1. The molecule has 178 valence electrons. The van der Waals surface area contributed by atoms with Gasteiger partial charge in [-0.3, -0.25) is 9.69 Å². The number of piperidine rings is 1. The first-order chi connectivity index (χ1) is 16.7. The molecule has 2 aliphatic heterocycles. The van der Waals surface area contributed by atoms with Crippen LogP contribution in [0.5, 0.6) is 0 Å². The molecule has 1 saturated carbocycles. The summed E-state index contributed by atoms with van der Waals surface area (Å²) in [5, 5.41) is 3.38. The van der Waals surface area contributed by atoms with Crippen LogP contribution >= 0.6 is 0 Å². The van der Waals surface area contributed by atoms with Gasteiger partial charge in [0.05, 0.1) is 17.1 Å². The van der Waals surface area contributed by atoms with E-state index in [0.29, 0.717) is 30.5 Å². The summed E-state index contributed by atoms with van der Waals surface area (Å²) in [6.07, 6.45) is 9.07. The molecule has 2 bridgehead atoms. The topological polar surface area (TPSA) is 50.2 Å². The van der Waals surface area contributed by atoms with E-state index in [1.807, 2.05) is 0 Å². The second-order valence-corrected chi connectivity index (χ2v) is 10.7. The fourth-order valence-electron chi connectivity index (χ4n) is 6.57. The quantitative estimate of drug-likeness (QED) is 0.483. The number of imidazole rings is 1. The van der Waals surface area contributed by atoms with Crippen molar-refractivity contribution in [3.05, 3.63) is 66.0 Å². The van der Waals surface area contributed by atoms with Crippen LogP contribution in [0.3, 0.4) is 0 Å². The molecule has 3 heterocycles. The highest BCUT2D eigenvalue weighted by Gasteiger charge is 2.41. The number of fused-ring (bicyclic) bond motifs is 3. The van der Waals surface area contributed by atoms with Crippen molar-refractivity contribution in [1.82, 2.24) is 19.8 Å². The lowest BCUT2D eigenvalue weighted by Gasteiger charge is -2.40. The fraction of sp³-hybridized carbons (Fsp3) is 0.517. The summed E-state index contributed by atoms with van der Waals surface area (Å²) in [7, 11) is 0. The van der Waals surface area contributed by atoms with Crippen molar-refractivity contribution in [3.8, 4) is 0 Å². The Bertz CT molecular complexity index is 1140. The van der Waals surface area contributed by atoms with Gasteiger partial charge in [0.25, 0.3) is 0 Å². The predicted molar refractivity (Wildman–Crippen MR) is 136 cm³/mol. The summed E-state index contributed by atoms with van der Waals surface area (Å²) < 4.78 is 2.50. The van der Waals surface area contributed by atoms with Gasteiger partial charge in [0, 0.05) is 31.1 Å². The number of nitrogens with zero attached hydrogens (tertiary/aromatic N) is 3. The van der Waals surface area contributed by atoms with Crippen molar-refractivity contribution in [1.29, 1.82) is 0 Å². The number of para-hydroxylation sites is 2. The lowest BCUT2D eigenvalue weighted by Crippen LogP contribution is -2.45. The number of aromatic nitrogens is 2. The Labute approximate surface area is 202 Å². The average molecular weight is 457 g/mol. The van der Waals surface area contributed by atoms with E-state index < -0.39 is 0 Å². The van der Waals surface area contributed by atoms with Gasteiger partial charge in [-0.1, -0.05) is 42.5 Å². The largest absolute Gasteiger partial charge is 0.349 e. The van der Waals surface area contributed by atoms with E-state index in [9.17, 15) is 4.79 Å². The highest BCUT2D eigenvalue weighted by atomic mass is 16.1.